The molecule has 0 aromatic heterocycles. The van der Waals surface area contributed by atoms with E-state index in [4.69, 9.17) is 0 Å². The molecule has 1 fully saturated rings. The van der Waals surface area contributed by atoms with Crippen LogP contribution in [0.4, 0.5) is 4.39 Å². The van der Waals surface area contributed by atoms with E-state index in [0.717, 1.165) is 12.8 Å². The van der Waals surface area contributed by atoms with E-state index in [1.54, 1.807) is 19.2 Å². The largest absolute Gasteiger partial charge is 0.356 e. The molecule has 2 rings (SSSR count). The summed E-state index contributed by atoms with van der Waals surface area (Å²) in [5.41, 5.74) is 0.677. The van der Waals surface area contributed by atoms with E-state index in [1.807, 2.05) is 6.07 Å². The summed E-state index contributed by atoms with van der Waals surface area (Å²) in [6.45, 7) is 1.10. The number of rotatable bonds is 7. The van der Waals surface area contributed by atoms with E-state index in [1.165, 1.54) is 18.9 Å². The minimum Gasteiger partial charge on any atom is -0.356 e. The molecule has 0 unspecified atom stereocenters. The lowest BCUT2D eigenvalue weighted by atomic mass is 10.1. The Morgan fingerprint density at radius 1 is 1.20 bits per heavy atom. The molecule has 0 bridgehead atoms. The highest BCUT2D eigenvalue weighted by molar-refractivity contribution is 14.0. The monoisotopic (exact) mass is 462 g/mol. The van der Waals surface area contributed by atoms with Crippen LogP contribution in [0.25, 0.3) is 0 Å². The normalized spacial score (nSPS) is 14.7. The minimum absolute atomic E-state index is 0. The molecule has 0 radical (unpaired) electrons. The predicted molar refractivity (Wildman–Crippen MR) is 110 cm³/mol. The molecule has 25 heavy (non-hydrogen) atoms. The van der Waals surface area contributed by atoms with E-state index in [9.17, 15) is 9.18 Å². The van der Waals surface area contributed by atoms with Crippen LogP contribution in [0.5, 0.6) is 0 Å². The van der Waals surface area contributed by atoms with Crippen molar-refractivity contribution in [3.8, 4) is 0 Å². The molecular formula is C18H28FIN4O. The molecule has 1 saturated carbocycles. The Balaban J connectivity index is 0.00000312. The summed E-state index contributed by atoms with van der Waals surface area (Å²) < 4.78 is 13.5. The highest BCUT2D eigenvalue weighted by Gasteiger charge is 2.16. The zero-order valence-corrected chi connectivity index (χ0v) is 17.0. The molecule has 140 valence electrons. The lowest BCUT2D eigenvalue weighted by Crippen LogP contribution is -2.41. The quantitative estimate of drug-likeness (QED) is 0.332. The molecule has 1 aliphatic rings. The minimum atomic E-state index is -0.189. The zero-order valence-electron chi connectivity index (χ0n) is 14.7. The maximum atomic E-state index is 13.5. The van der Waals surface area contributed by atoms with Crippen molar-refractivity contribution in [2.24, 2.45) is 4.99 Å². The van der Waals surface area contributed by atoms with Gasteiger partial charge in [-0.15, -0.1) is 24.0 Å². The van der Waals surface area contributed by atoms with E-state index < -0.39 is 0 Å². The zero-order chi connectivity index (χ0) is 17.2. The van der Waals surface area contributed by atoms with Gasteiger partial charge in [0.05, 0.1) is 0 Å². The van der Waals surface area contributed by atoms with Crippen LogP contribution < -0.4 is 16.0 Å². The highest BCUT2D eigenvalue weighted by atomic mass is 127. The SMILES string of the molecule is CN=C(NCCC(=O)NC1CCCC1)NCCc1ccccc1F.I. The van der Waals surface area contributed by atoms with Crippen molar-refractivity contribution >= 4 is 35.8 Å². The lowest BCUT2D eigenvalue weighted by Gasteiger charge is -2.14. The number of guanidine groups is 1. The van der Waals surface area contributed by atoms with Crippen molar-refractivity contribution in [3.05, 3.63) is 35.6 Å². The standard InChI is InChI=1S/C18H27FN4O.HI/c1-20-18(21-12-10-14-6-2-5-9-16(14)19)22-13-11-17(24)23-15-7-3-4-8-15;/h2,5-6,9,15H,3-4,7-8,10-13H2,1H3,(H,23,24)(H2,20,21,22);1H. The van der Waals surface area contributed by atoms with Crippen molar-refractivity contribution in [2.75, 3.05) is 20.1 Å². The third kappa shape index (κ3) is 8.02. The van der Waals surface area contributed by atoms with Gasteiger partial charge in [-0.2, -0.15) is 0 Å². The Hall–Kier alpha value is -1.38. The number of benzene rings is 1. The Kier molecular flexibility index (Phi) is 10.4. The molecule has 5 nitrogen and oxygen atoms in total. The molecule has 0 atom stereocenters. The summed E-state index contributed by atoms with van der Waals surface area (Å²) in [5.74, 6) is 0.516. The number of hydrogen-bond acceptors (Lipinski definition) is 2. The maximum Gasteiger partial charge on any atom is 0.221 e. The first-order valence-electron chi connectivity index (χ1n) is 8.66. The molecule has 3 N–H and O–H groups in total. The molecule has 0 spiro atoms. The Bertz CT molecular complexity index is 562. The molecule has 1 aliphatic carbocycles. The number of halogens is 2. The van der Waals surface area contributed by atoms with E-state index in [0.29, 0.717) is 43.5 Å². The fourth-order valence-electron chi connectivity index (χ4n) is 2.90. The predicted octanol–water partition coefficient (Wildman–Crippen LogP) is 2.60. The van der Waals surface area contributed by atoms with Gasteiger partial charge in [0.2, 0.25) is 5.91 Å². The van der Waals surface area contributed by atoms with Gasteiger partial charge in [0.1, 0.15) is 5.82 Å². The molecule has 1 amide bonds. The molecule has 0 aliphatic heterocycles. The third-order valence-electron chi connectivity index (χ3n) is 4.23. The van der Waals surface area contributed by atoms with Crippen molar-refractivity contribution in [2.45, 2.75) is 44.6 Å². The van der Waals surface area contributed by atoms with Crippen LogP contribution in [-0.4, -0.2) is 38.0 Å². The second-order valence-corrected chi connectivity index (χ2v) is 6.07. The number of nitrogens with one attached hydrogen (secondary N) is 3. The van der Waals surface area contributed by atoms with Gasteiger partial charge in [0.25, 0.3) is 0 Å². The summed E-state index contributed by atoms with van der Waals surface area (Å²) in [6, 6.07) is 7.11. The van der Waals surface area contributed by atoms with Gasteiger partial charge in [-0.3, -0.25) is 9.79 Å². The van der Waals surface area contributed by atoms with Gasteiger partial charge in [-0.1, -0.05) is 31.0 Å². The summed E-state index contributed by atoms with van der Waals surface area (Å²) in [4.78, 5) is 16.0. The molecule has 0 saturated heterocycles. The van der Waals surface area contributed by atoms with Crippen LogP contribution in [0, 0.1) is 5.82 Å². The molecule has 0 heterocycles. The van der Waals surface area contributed by atoms with E-state index in [2.05, 4.69) is 20.9 Å². The van der Waals surface area contributed by atoms with Gasteiger partial charge in [0.15, 0.2) is 5.96 Å². The van der Waals surface area contributed by atoms with Crippen LogP contribution in [-0.2, 0) is 11.2 Å². The van der Waals surface area contributed by atoms with Gasteiger partial charge in [-0.25, -0.2) is 4.39 Å². The summed E-state index contributed by atoms with van der Waals surface area (Å²) >= 11 is 0. The first-order valence-corrected chi connectivity index (χ1v) is 8.66. The summed E-state index contributed by atoms with van der Waals surface area (Å²) in [5, 5.41) is 9.30. The van der Waals surface area contributed by atoms with Crippen LogP contribution in [0.2, 0.25) is 0 Å². The van der Waals surface area contributed by atoms with Crippen LogP contribution in [0.3, 0.4) is 0 Å². The summed E-state index contributed by atoms with van der Waals surface area (Å²) in [6.07, 6.45) is 5.61. The Labute approximate surface area is 166 Å². The third-order valence-corrected chi connectivity index (χ3v) is 4.23. The number of hydrogen-bond donors (Lipinski definition) is 3. The number of carbonyl (C=O) groups is 1. The van der Waals surface area contributed by atoms with Gasteiger partial charge in [0, 0.05) is 32.6 Å². The first kappa shape index (κ1) is 21.7. The van der Waals surface area contributed by atoms with Crippen LogP contribution in [0.15, 0.2) is 29.3 Å². The maximum absolute atomic E-state index is 13.5. The highest BCUT2D eigenvalue weighted by Crippen LogP contribution is 2.17. The summed E-state index contributed by atoms with van der Waals surface area (Å²) in [7, 11) is 1.68. The second kappa shape index (κ2) is 12.1. The topological polar surface area (TPSA) is 65.5 Å². The fraction of sp³-hybridized carbons (Fsp3) is 0.556. The van der Waals surface area contributed by atoms with E-state index in [-0.39, 0.29) is 35.7 Å². The Morgan fingerprint density at radius 3 is 2.56 bits per heavy atom. The van der Waals surface area contributed by atoms with Gasteiger partial charge < -0.3 is 16.0 Å². The van der Waals surface area contributed by atoms with E-state index >= 15 is 0 Å². The van der Waals surface area contributed by atoms with Crippen molar-refractivity contribution in [1.82, 2.24) is 16.0 Å². The van der Waals surface area contributed by atoms with Crippen molar-refractivity contribution < 1.29 is 9.18 Å². The number of carbonyl (C=O) groups excluding carboxylic acids is 1. The molecule has 1 aromatic carbocycles. The van der Waals surface area contributed by atoms with Crippen molar-refractivity contribution in [1.29, 1.82) is 0 Å². The van der Waals surface area contributed by atoms with Crippen LogP contribution >= 0.6 is 24.0 Å². The fourth-order valence-corrected chi connectivity index (χ4v) is 2.90. The Morgan fingerprint density at radius 2 is 1.88 bits per heavy atom. The average Bonchev–Trinajstić information content (AvgIpc) is 3.08. The first-order chi connectivity index (χ1) is 11.7. The molecular weight excluding hydrogens is 434 g/mol. The van der Waals surface area contributed by atoms with Gasteiger partial charge in [-0.05, 0) is 30.9 Å². The number of amides is 1. The average molecular weight is 462 g/mol. The number of nitrogens with zero attached hydrogens (tertiary/aromatic N) is 1. The van der Waals surface area contributed by atoms with Gasteiger partial charge >= 0.3 is 0 Å². The molecule has 1 aromatic rings. The number of aliphatic imine (C=N–C) groups is 1. The lowest BCUT2D eigenvalue weighted by molar-refractivity contribution is -0.121. The second-order valence-electron chi connectivity index (χ2n) is 6.07. The smallest absolute Gasteiger partial charge is 0.221 e. The molecule has 7 heteroatoms. The van der Waals surface area contributed by atoms with Crippen LogP contribution in [0.1, 0.15) is 37.7 Å². The van der Waals surface area contributed by atoms with Crippen molar-refractivity contribution in [3.63, 3.8) is 0 Å².